The van der Waals surface area contributed by atoms with Crippen molar-refractivity contribution in [1.29, 1.82) is 0 Å². The molecule has 110 valence electrons. The molecule has 2 aromatic rings. The van der Waals surface area contributed by atoms with Gasteiger partial charge in [-0.3, -0.25) is 4.79 Å². The molecule has 0 radical (unpaired) electrons. The molecule has 1 atom stereocenters. The Morgan fingerprint density at radius 3 is 2.86 bits per heavy atom. The van der Waals surface area contributed by atoms with E-state index in [-0.39, 0.29) is 17.8 Å². The molecule has 0 aliphatic carbocycles. The van der Waals surface area contributed by atoms with Gasteiger partial charge in [0.15, 0.2) is 0 Å². The molecule has 21 heavy (non-hydrogen) atoms. The van der Waals surface area contributed by atoms with Gasteiger partial charge in [0.1, 0.15) is 5.82 Å². The van der Waals surface area contributed by atoms with Gasteiger partial charge in [-0.25, -0.2) is 4.39 Å². The number of amides is 1. The van der Waals surface area contributed by atoms with E-state index in [1.807, 2.05) is 24.6 Å². The number of carbonyl (C=O) groups is 1. The van der Waals surface area contributed by atoms with Crippen LogP contribution in [0.5, 0.6) is 0 Å². The molecule has 3 rings (SSSR count). The lowest BCUT2D eigenvalue weighted by atomic mass is 9.94. The molecular formula is C15H14BrFN2OS. The van der Waals surface area contributed by atoms with Gasteiger partial charge in [-0.05, 0) is 64.1 Å². The highest BCUT2D eigenvalue weighted by Crippen LogP contribution is 2.34. The Labute approximate surface area is 134 Å². The summed E-state index contributed by atoms with van der Waals surface area (Å²) in [6, 6.07) is 5.08. The SMILES string of the molecule is CNC(c1csc(Br)c1)c1cc2c(cc1F)NC(=O)CC2. The van der Waals surface area contributed by atoms with Crippen molar-refractivity contribution in [3.05, 3.63) is 49.9 Å². The van der Waals surface area contributed by atoms with E-state index >= 15 is 0 Å². The molecule has 0 bridgehead atoms. The predicted molar refractivity (Wildman–Crippen MR) is 86.3 cm³/mol. The first-order valence-corrected chi connectivity index (χ1v) is 8.29. The Bertz CT molecular complexity index is 701. The minimum absolute atomic E-state index is 0.0541. The van der Waals surface area contributed by atoms with E-state index in [4.69, 9.17) is 0 Å². The quantitative estimate of drug-likeness (QED) is 0.863. The molecule has 1 aromatic carbocycles. The van der Waals surface area contributed by atoms with Gasteiger partial charge in [-0.2, -0.15) is 0 Å². The second-order valence-corrected chi connectivity index (χ2v) is 7.28. The fraction of sp³-hybridized carbons (Fsp3) is 0.267. The van der Waals surface area contributed by atoms with Gasteiger partial charge in [-0.1, -0.05) is 0 Å². The van der Waals surface area contributed by atoms with Crippen LogP contribution in [0.2, 0.25) is 0 Å². The van der Waals surface area contributed by atoms with Gasteiger partial charge in [0.2, 0.25) is 5.91 Å². The predicted octanol–water partition coefficient (Wildman–Crippen LogP) is 3.84. The smallest absolute Gasteiger partial charge is 0.224 e. The van der Waals surface area contributed by atoms with E-state index in [1.165, 1.54) is 6.07 Å². The molecule has 2 heterocycles. The first-order chi connectivity index (χ1) is 10.1. The van der Waals surface area contributed by atoms with Gasteiger partial charge in [0.25, 0.3) is 0 Å². The molecule has 2 N–H and O–H groups in total. The number of hydrogen-bond acceptors (Lipinski definition) is 3. The van der Waals surface area contributed by atoms with Crippen molar-refractivity contribution in [3.8, 4) is 0 Å². The van der Waals surface area contributed by atoms with Gasteiger partial charge in [0.05, 0.1) is 9.83 Å². The Balaban J connectivity index is 2.03. The number of carbonyl (C=O) groups excluding carboxylic acids is 1. The van der Waals surface area contributed by atoms with E-state index in [0.717, 1.165) is 14.9 Å². The summed E-state index contributed by atoms with van der Waals surface area (Å²) in [5.74, 6) is -0.362. The van der Waals surface area contributed by atoms with Gasteiger partial charge in [-0.15, -0.1) is 11.3 Å². The van der Waals surface area contributed by atoms with E-state index in [2.05, 4.69) is 26.6 Å². The van der Waals surface area contributed by atoms with Crippen molar-refractivity contribution in [2.45, 2.75) is 18.9 Å². The summed E-state index contributed by atoms with van der Waals surface area (Å²) >= 11 is 5.01. The maximum absolute atomic E-state index is 14.4. The maximum Gasteiger partial charge on any atom is 0.224 e. The minimum Gasteiger partial charge on any atom is -0.326 e. The number of rotatable bonds is 3. The highest BCUT2D eigenvalue weighted by Gasteiger charge is 2.22. The number of nitrogens with one attached hydrogen (secondary N) is 2. The molecule has 6 heteroatoms. The molecule has 1 aromatic heterocycles. The van der Waals surface area contributed by atoms with Crippen molar-refractivity contribution in [2.24, 2.45) is 0 Å². The highest BCUT2D eigenvalue weighted by molar-refractivity contribution is 9.11. The fourth-order valence-electron chi connectivity index (χ4n) is 2.62. The zero-order valence-corrected chi connectivity index (χ0v) is 13.8. The molecule has 1 aliphatic rings. The van der Waals surface area contributed by atoms with Crippen LogP contribution in [-0.4, -0.2) is 13.0 Å². The second kappa shape index (κ2) is 5.87. The third-order valence-corrected chi connectivity index (χ3v) is 5.16. The number of anilines is 1. The van der Waals surface area contributed by atoms with Crippen LogP contribution in [0.1, 0.15) is 29.2 Å². The van der Waals surface area contributed by atoms with E-state index in [1.54, 1.807) is 11.3 Å². The zero-order chi connectivity index (χ0) is 15.0. The minimum atomic E-state index is -0.308. The lowest BCUT2D eigenvalue weighted by Crippen LogP contribution is -2.22. The number of thiophene rings is 1. The monoisotopic (exact) mass is 368 g/mol. The Morgan fingerprint density at radius 1 is 1.38 bits per heavy atom. The summed E-state index contributed by atoms with van der Waals surface area (Å²) in [6.07, 6.45) is 1.10. The first kappa shape index (κ1) is 14.7. The van der Waals surface area contributed by atoms with Crippen molar-refractivity contribution in [3.63, 3.8) is 0 Å². The summed E-state index contributed by atoms with van der Waals surface area (Å²) in [5.41, 5.74) is 3.21. The summed E-state index contributed by atoms with van der Waals surface area (Å²) in [5, 5.41) is 7.89. The Morgan fingerprint density at radius 2 is 2.19 bits per heavy atom. The van der Waals surface area contributed by atoms with Crippen LogP contribution in [0, 0.1) is 5.82 Å². The molecule has 1 aliphatic heterocycles. The molecular weight excluding hydrogens is 355 g/mol. The maximum atomic E-state index is 14.4. The van der Waals surface area contributed by atoms with Crippen LogP contribution in [0.25, 0.3) is 0 Å². The van der Waals surface area contributed by atoms with E-state index in [0.29, 0.717) is 24.1 Å². The number of benzene rings is 1. The van der Waals surface area contributed by atoms with Crippen LogP contribution in [0.15, 0.2) is 27.4 Å². The largest absolute Gasteiger partial charge is 0.326 e. The average molecular weight is 369 g/mol. The average Bonchev–Trinajstić information content (AvgIpc) is 2.87. The number of halogens is 2. The lowest BCUT2D eigenvalue weighted by Gasteiger charge is -2.22. The third kappa shape index (κ3) is 2.88. The van der Waals surface area contributed by atoms with Crippen LogP contribution >= 0.6 is 27.3 Å². The number of aryl methyl sites for hydroxylation is 1. The van der Waals surface area contributed by atoms with Crippen LogP contribution in [0.4, 0.5) is 10.1 Å². The van der Waals surface area contributed by atoms with Crippen LogP contribution in [0.3, 0.4) is 0 Å². The highest BCUT2D eigenvalue weighted by atomic mass is 79.9. The molecule has 0 fully saturated rings. The van der Waals surface area contributed by atoms with Crippen LogP contribution in [-0.2, 0) is 11.2 Å². The fourth-order valence-corrected chi connectivity index (χ4v) is 3.82. The topological polar surface area (TPSA) is 41.1 Å². The summed E-state index contributed by atoms with van der Waals surface area (Å²) < 4.78 is 15.5. The first-order valence-electron chi connectivity index (χ1n) is 6.62. The van der Waals surface area contributed by atoms with Crippen molar-refractivity contribution >= 4 is 38.9 Å². The molecule has 0 spiro atoms. The number of hydrogen-bond donors (Lipinski definition) is 2. The summed E-state index contributed by atoms with van der Waals surface area (Å²) in [7, 11) is 1.82. The standard InChI is InChI=1S/C15H14BrFN2OS/c1-18-15(9-5-13(16)21-7-9)10-4-8-2-3-14(20)19-12(8)6-11(10)17/h4-7,15,18H,2-3H2,1H3,(H,19,20). The number of fused-ring (bicyclic) bond motifs is 1. The summed E-state index contributed by atoms with van der Waals surface area (Å²) in [4.78, 5) is 11.4. The Kier molecular flexibility index (Phi) is 4.10. The molecule has 1 amide bonds. The Hall–Kier alpha value is -1.24. The zero-order valence-electron chi connectivity index (χ0n) is 11.4. The summed E-state index contributed by atoms with van der Waals surface area (Å²) in [6.45, 7) is 0. The lowest BCUT2D eigenvalue weighted by molar-refractivity contribution is -0.116. The van der Waals surface area contributed by atoms with E-state index in [9.17, 15) is 9.18 Å². The van der Waals surface area contributed by atoms with Gasteiger partial charge < -0.3 is 10.6 Å². The molecule has 3 nitrogen and oxygen atoms in total. The third-order valence-electron chi connectivity index (χ3n) is 3.64. The molecule has 0 saturated heterocycles. The van der Waals surface area contributed by atoms with Crippen LogP contribution < -0.4 is 10.6 Å². The van der Waals surface area contributed by atoms with Gasteiger partial charge in [0, 0.05) is 17.7 Å². The van der Waals surface area contributed by atoms with Gasteiger partial charge >= 0.3 is 0 Å². The van der Waals surface area contributed by atoms with Crippen molar-refractivity contribution in [1.82, 2.24) is 5.32 Å². The molecule has 1 unspecified atom stereocenters. The second-order valence-electron chi connectivity index (χ2n) is 4.98. The van der Waals surface area contributed by atoms with Crippen molar-refractivity contribution in [2.75, 3.05) is 12.4 Å². The molecule has 0 saturated carbocycles. The normalized spacial score (nSPS) is 15.5. The van der Waals surface area contributed by atoms with Crippen molar-refractivity contribution < 1.29 is 9.18 Å². The van der Waals surface area contributed by atoms with E-state index < -0.39 is 0 Å².